The van der Waals surface area contributed by atoms with Crippen LogP contribution in [0.4, 0.5) is 0 Å². The van der Waals surface area contributed by atoms with E-state index in [0.29, 0.717) is 22.8 Å². The lowest BCUT2D eigenvalue weighted by Crippen LogP contribution is -2.47. The highest BCUT2D eigenvalue weighted by molar-refractivity contribution is 5.87. The molecule has 5 heteroatoms. The van der Waals surface area contributed by atoms with E-state index in [-0.39, 0.29) is 17.4 Å². The van der Waals surface area contributed by atoms with E-state index in [2.05, 4.69) is 27.7 Å². The second kappa shape index (κ2) is 8.67. The maximum absolute atomic E-state index is 13.0. The zero-order chi connectivity index (χ0) is 25.8. The van der Waals surface area contributed by atoms with Crippen LogP contribution in [0.1, 0.15) is 86.1 Å². The molecule has 5 atom stereocenters. The van der Waals surface area contributed by atoms with E-state index in [1.165, 1.54) is 32.4 Å². The highest BCUT2D eigenvalue weighted by Gasteiger charge is 2.68. The van der Waals surface area contributed by atoms with Crippen molar-refractivity contribution in [3.8, 4) is 11.5 Å². The molecule has 2 bridgehead atoms. The minimum absolute atomic E-state index is 0.174. The van der Waals surface area contributed by atoms with Gasteiger partial charge in [0.2, 0.25) is 0 Å². The van der Waals surface area contributed by atoms with E-state index in [9.17, 15) is 9.59 Å². The molecule has 0 aromatic heterocycles. The first-order valence-corrected chi connectivity index (χ1v) is 13.0. The van der Waals surface area contributed by atoms with Crippen LogP contribution >= 0.6 is 0 Å². The highest BCUT2D eigenvalue weighted by Crippen LogP contribution is 2.73. The second-order valence-corrected chi connectivity index (χ2v) is 13.0. The minimum atomic E-state index is -0.618. The van der Waals surface area contributed by atoms with E-state index in [1.54, 1.807) is 45.0 Å². The molecule has 1 aromatic rings. The lowest BCUT2D eigenvalue weighted by atomic mass is 9.64. The molecule has 1 aromatic carbocycles. The molecule has 3 aliphatic rings. The lowest BCUT2D eigenvalue weighted by Gasteiger charge is -2.46. The largest absolute Gasteiger partial charge is 0.493 e. The number of fused-ring (bicyclic) bond motifs is 1. The molecule has 5 unspecified atom stereocenters. The van der Waals surface area contributed by atoms with Gasteiger partial charge in [0.05, 0.1) is 12.5 Å². The molecule has 5 nitrogen and oxygen atoms in total. The van der Waals surface area contributed by atoms with Crippen LogP contribution in [0.2, 0.25) is 0 Å². The topological polar surface area (TPSA) is 61.8 Å². The molecule has 0 amide bonds. The summed E-state index contributed by atoms with van der Waals surface area (Å²) in [5, 5.41) is 0. The number of carbonyl (C=O) groups excluding carboxylic acids is 2. The summed E-state index contributed by atoms with van der Waals surface area (Å²) in [5.74, 6) is 2.02. The van der Waals surface area contributed by atoms with E-state index >= 15 is 0 Å². The molecular formula is C30H42O5. The predicted octanol–water partition coefficient (Wildman–Crippen LogP) is 6.83. The standard InChI is InChI=1S/C30H42O5/c1-19-9-13-23-28(5,6)24-18-30(19,23)16-15-29(24,7)35-25(31)14-11-20-10-12-21(22(17-20)33-8)34-26(32)27(2,3)4/h10-12,14,17,19,23-24H,9,13,15-16,18H2,1-8H3. The van der Waals surface area contributed by atoms with Crippen molar-refractivity contribution in [2.75, 3.05) is 7.11 Å². The Balaban J connectivity index is 1.46. The third kappa shape index (κ3) is 4.40. The van der Waals surface area contributed by atoms with Crippen molar-refractivity contribution in [3.63, 3.8) is 0 Å². The van der Waals surface area contributed by atoms with Crippen molar-refractivity contribution in [2.45, 2.75) is 86.2 Å². The second-order valence-electron chi connectivity index (χ2n) is 13.0. The SMILES string of the molecule is COc1cc(C=CC(=O)OC2(C)CCC34CC2C(C)(C)C3CCC4C)ccc1OC(=O)C(C)(C)C. The van der Waals surface area contributed by atoms with Gasteiger partial charge in [-0.15, -0.1) is 0 Å². The van der Waals surface area contributed by atoms with Gasteiger partial charge in [0.1, 0.15) is 5.60 Å². The quantitative estimate of drug-likeness (QED) is 0.261. The summed E-state index contributed by atoms with van der Waals surface area (Å²) >= 11 is 0. The molecule has 0 heterocycles. The molecule has 3 aliphatic carbocycles. The molecule has 192 valence electrons. The average molecular weight is 483 g/mol. The van der Waals surface area contributed by atoms with Gasteiger partial charge in [0, 0.05) is 12.0 Å². The zero-order valence-electron chi connectivity index (χ0n) is 22.7. The van der Waals surface area contributed by atoms with Crippen LogP contribution in [0.3, 0.4) is 0 Å². The van der Waals surface area contributed by atoms with E-state index < -0.39 is 11.0 Å². The van der Waals surface area contributed by atoms with Crippen LogP contribution < -0.4 is 9.47 Å². The summed E-state index contributed by atoms with van der Waals surface area (Å²) in [4.78, 5) is 25.2. The summed E-state index contributed by atoms with van der Waals surface area (Å²) < 4.78 is 17.1. The fourth-order valence-electron chi connectivity index (χ4n) is 7.53. The maximum atomic E-state index is 13.0. The van der Waals surface area contributed by atoms with Crippen LogP contribution in [0.25, 0.3) is 6.08 Å². The predicted molar refractivity (Wildman–Crippen MR) is 137 cm³/mol. The monoisotopic (exact) mass is 482 g/mol. The maximum Gasteiger partial charge on any atom is 0.331 e. The van der Waals surface area contributed by atoms with E-state index in [1.807, 2.05) is 0 Å². The van der Waals surface area contributed by atoms with Gasteiger partial charge in [-0.05, 0) is 106 Å². The van der Waals surface area contributed by atoms with Crippen molar-refractivity contribution in [2.24, 2.45) is 34.0 Å². The van der Waals surface area contributed by atoms with Gasteiger partial charge in [-0.2, -0.15) is 0 Å². The van der Waals surface area contributed by atoms with Gasteiger partial charge in [0.25, 0.3) is 0 Å². The number of methoxy groups -OCH3 is 1. The smallest absolute Gasteiger partial charge is 0.331 e. The number of ether oxygens (including phenoxy) is 3. The van der Waals surface area contributed by atoms with Crippen LogP contribution in [0, 0.1) is 34.0 Å². The molecular weight excluding hydrogens is 440 g/mol. The van der Waals surface area contributed by atoms with Crippen LogP contribution in [-0.4, -0.2) is 24.6 Å². The molecule has 0 saturated heterocycles. The van der Waals surface area contributed by atoms with Crippen molar-refractivity contribution in [3.05, 3.63) is 29.8 Å². The average Bonchev–Trinajstić information content (AvgIpc) is 3.20. The van der Waals surface area contributed by atoms with Gasteiger partial charge in [-0.25, -0.2) is 4.79 Å². The van der Waals surface area contributed by atoms with Gasteiger partial charge in [-0.3, -0.25) is 4.79 Å². The highest BCUT2D eigenvalue weighted by atomic mass is 16.6. The number of carbonyl (C=O) groups is 2. The summed E-state index contributed by atoms with van der Waals surface area (Å²) in [6.45, 7) is 14.8. The number of rotatable bonds is 5. The van der Waals surface area contributed by atoms with Crippen LogP contribution in [0.15, 0.2) is 24.3 Å². The summed E-state index contributed by atoms with van der Waals surface area (Å²) in [5.41, 5.74) is 0.320. The Kier molecular flexibility index (Phi) is 6.39. The summed E-state index contributed by atoms with van der Waals surface area (Å²) in [6, 6.07) is 5.24. The first-order chi connectivity index (χ1) is 16.2. The Morgan fingerprint density at radius 2 is 1.74 bits per heavy atom. The van der Waals surface area contributed by atoms with E-state index in [4.69, 9.17) is 14.2 Å². The van der Waals surface area contributed by atoms with Gasteiger partial charge in [-0.1, -0.05) is 26.8 Å². The third-order valence-corrected chi connectivity index (χ3v) is 9.52. The minimum Gasteiger partial charge on any atom is -0.493 e. The number of hydrogen-bond acceptors (Lipinski definition) is 5. The molecule has 0 N–H and O–H groups in total. The Hall–Kier alpha value is -2.30. The lowest BCUT2D eigenvalue weighted by molar-refractivity contribution is -0.167. The van der Waals surface area contributed by atoms with Crippen molar-refractivity contribution in [1.82, 2.24) is 0 Å². The Morgan fingerprint density at radius 1 is 1.03 bits per heavy atom. The summed E-state index contributed by atoms with van der Waals surface area (Å²) in [6.07, 6.45) is 9.11. The van der Waals surface area contributed by atoms with Crippen molar-refractivity contribution in [1.29, 1.82) is 0 Å². The molecule has 3 saturated carbocycles. The number of benzene rings is 1. The van der Waals surface area contributed by atoms with Gasteiger partial charge < -0.3 is 14.2 Å². The van der Waals surface area contributed by atoms with Crippen LogP contribution in [-0.2, 0) is 14.3 Å². The van der Waals surface area contributed by atoms with Gasteiger partial charge in [0.15, 0.2) is 11.5 Å². The molecule has 4 rings (SSSR count). The molecule has 35 heavy (non-hydrogen) atoms. The first-order valence-electron chi connectivity index (χ1n) is 13.0. The molecule has 3 fully saturated rings. The van der Waals surface area contributed by atoms with Crippen molar-refractivity contribution >= 4 is 18.0 Å². The first kappa shape index (κ1) is 25.8. The van der Waals surface area contributed by atoms with Gasteiger partial charge >= 0.3 is 11.9 Å². The third-order valence-electron chi connectivity index (χ3n) is 9.52. The fourth-order valence-corrected chi connectivity index (χ4v) is 7.53. The molecule has 0 radical (unpaired) electrons. The fraction of sp³-hybridized carbons (Fsp3) is 0.667. The Bertz CT molecular complexity index is 1030. The van der Waals surface area contributed by atoms with Crippen LogP contribution in [0.5, 0.6) is 11.5 Å². The summed E-state index contributed by atoms with van der Waals surface area (Å²) in [7, 11) is 1.53. The van der Waals surface area contributed by atoms with Crippen molar-refractivity contribution < 1.29 is 23.8 Å². The zero-order valence-corrected chi connectivity index (χ0v) is 22.7. The molecule has 0 aliphatic heterocycles. The van der Waals surface area contributed by atoms with E-state index in [0.717, 1.165) is 30.2 Å². The Morgan fingerprint density at radius 3 is 2.40 bits per heavy atom. The number of esters is 2. The normalized spacial score (nSPS) is 33.4. The Labute approximate surface area is 210 Å². The molecule has 1 spiro atoms. The number of hydrogen-bond donors (Lipinski definition) is 0.